The first-order valence-electron chi connectivity index (χ1n) is 10.3. The van der Waals surface area contributed by atoms with Crippen LogP contribution < -0.4 is 14.2 Å². The first-order valence-corrected chi connectivity index (χ1v) is 11.8. The van der Waals surface area contributed by atoms with Gasteiger partial charge in [0.2, 0.25) is 0 Å². The van der Waals surface area contributed by atoms with Gasteiger partial charge >= 0.3 is 6.18 Å². The molecule has 168 valence electrons. The number of rotatable bonds is 7. The zero-order chi connectivity index (χ0) is 22.1. The minimum atomic E-state index is -4.59. The lowest BCUT2D eigenvalue weighted by atomic mass is 9.93. The van der Waals surface area contributed by atoms with E-state index in [1.807, 2.05) is 48.5 Å². The molecule has 4 rings (SSSR count). The predicted molar refractivity (Wildman–Crippen MR) is 111 cm³/mol. The van der Waals surface area contributed by atoms with Crippen molar-refractivity contribution in [3.05, 3.63) is 65.2 Å². The summed E-state index contributed by atoms with van der Waals surface area (Å²) in [4.78, 5) is 0. The molecule has 0 radical (unpaired) electrons. The van der Waals surface area contributed by atoms with E-state index in [1.165, 1.54) is 0 Å². The Hall–Kier alpha value is -2.10. The predicted octanol–water partition coefficient (Wildman–Crippen LogP) is 3.75. The van der Waals surface area contributed by atoms with Gasteiger partial charge in [-0.15, -0.1) is 0 Å². The van der Waals surface area contributed by atoms with Crippen LogP contribution >= 0.6 is 0 Å². The summed E-state index contributed by atoms with van der Waals surface area (Å²) < 4.78 is 71.6. The lowest BCUT2D eigenvalue weighted by Crippen LogP contribution is -2.49. The van der Waals surface area contributed by atoms with E-state index in [1.54, 1.807) is 4.72 Å². The molecule has 0 aromatic heterocycles. The van der Waals surface area contributed by atoms with Crippen LogP contribution in [0.15, 0.2) is 48.5 Å². The highest BCUT2D eigenvalue weighted by atomic mass is 32.2. The van der Waals surface area contributed by atoms with E-state index >= 15 is 0 Å². The Morgan fingerprint density at radius 2 is 1.65 bits per heavy atom. The van der Waals surface area contributed by atoms with Gasteiger partial charge in [0, 0.05) is 6.04 Å². The van der Waals surface area contributed by atoms with Crippen LogP contribution in [-0.2, 0) is 29.7 Å². The van der Waals surface area contributed by atoms with Crippen LogP contribution in [0, 0.1) is 11.8 Å². The van der Waals surface area contributed by atoms with E-state index < -0.39 is 22.9 Å². The van der Waals surface area contributed by atoms with Crippen LogP contribution in [0.2, 0.25) is 0 Å². The van der Waals surface area contributed by atoms with Gasteiger partial charge < -0.3 is 4.74 Å². The van der Waals surface area contributed by atoms with E-state index in [0.717, 1.165) is 35.3 Å². The van der Waals surface area contributed by atoms with Gasteiger partial charge in [-0.2, -0.15) is 31.0 Å². The molecule has 0 amide bonds. The molecule has 2 aliphatic rings. The van der Waals surface area contributed by atoms with Crippen molar-refractivity contribution in [2.75, 3.05) is 6.54 Å². The van der Waals surface area contributed by atoms with Crippen LogP contribution in [0.25, 0.3) is 0 Å². The van der Waals surface area contributed by atoms with E-state index in [-0.39, 0.29) is 17.9 Å². The average molecular weight is 455 g/mol. The van der Waals surface area contributed by atoms with Crippen LogP contribution in [0.4, 0.5) is 13.2 Å². The highest BCUT2D eigenvalue weighted by molar-refractivity contribution is 7.87. The Labute approximate surface area is 180 Å². The highest BCUT2D eigenvalue weighted by Gasteiger charge is 2.41. The minimum absolute atomic E-state index is 0.0399. The molecule has 5 nitrogen and oxygen atoms in total. The van der Waals surface area contributed by atoms with Gasteiger partial charge in [0.1, 0.15) is 18.9 Å². The third kappa shape index (κ3) is 5.78. The second-order valence-electron chi connectivity index (χ2n) is 8.29. The molecule has 31 heavy (non-hydrogen) atoms. The summed E-state index contributed by atoms with van der Waals surface area (Å²) in [5, 5.41) is 0. The lowest BCUT2D eigenvalue weighted by molar-refractivity contribution is -0.121. The number of fused-ring (bicyclic) bond motifs is 3. The first kappa shape index (κ1) is 22.1. The van der Waals surface area contributed by atoms with Gasteiger partial charge in [0.25, 0.3) is 10.2 Å². The maximum atomic E-state index is 12.4. The van der Waals surface area contributed by atoms with Crippen molar-refractivity contribution in [1.82, 2.24) is 9.44 Å². The number of hydrogen-bond donors (Lipinski definition) is 2. The second kappa shape index (κ2) is 8.80. The summed E-state index contributed by atoms with van der Waals surface area (Å²) in [7, 11) is -4.24. The first-order chi connectivity index (χ1) is 14.7. The summed E-state index contributed by atoms with van der Waals surface area (Å²) in [5.41, 5.74) is 3.33. The van der Waals surface area contributed by atoms with Crippen LogP contribution in [0.3, 0.4) is 0 Å². The van der Waals surface area contributed by atoms with Crippen LogP contribution in [0.5, 0.6) is 5.75 Å². The van der Waals surface area contributed by atoms with E-state index in [2.05, 4.69) is 4.72 Å². The van der Waals surface area contributed by atoms with Crippen LogP contribution in [-0.4, -0.2) is 27.2 Å². The molecular formula is C22H25F3N2O3S. The largest absolute Gasteiger partial charge is 0.489 e. The molecule has 2 aromatic carbocycles. The summed E-state index contributed by atoms with van der Waals surface area (Å²) in [6.07, 6.45) is -1.55. The van der Waals surface area contributed by atoms with Gasteiger partial charge in [-0.05, 0) is 66.3 Å². The van der Waals surface area contributed by atoms with E-state index in [4.69, 9.17) is 4.74 Å². The SMILES string of the molecule is O=S(=O)(NCC(F)(F)F)NC1C2CCC1Cc1cc(OCc3ccccc3)ccc1C2. The van der Waals surface area contributed by atoms with Crippen molar-refractivity contribution >= 4 is 10.2 Å². The Bertz CT molecular complexity index is 1010. The van der Waals surface area contributed by atoms with Crippen LogP contribution in [0.1, 0.15) is 29.5 Å². The van der Waals surface area contributed by atoms with Gasteiger partial charge in [-0.25, -0.2) is 0 Å². The summed E-state index contributed by atoms with van der Waals surface area (Å²) in [5.74, 6) is 0.854. The fourth-order valence-electron chi connectivity index (χ4n) is 4.61. The third-order valence-corrected chi connectivity index (χ3v) is 7.17. The number of ether oxygens (including phenoxy) is 1. The Morgan fingerprint density at radius 1 is 0.968 bits per heavy atom. The Balaban J connectivity index is 1.44. The molecule has 0 spiro atoms. The highest BCUT2D eigenvalue weighted by Crippen LogP contribution is 2.41. The van der Waals surface area contributed by atoms with Gasteiger partial charge in [0.05, 0.1) is 0 Å². The number of halogens is 3. The molecule has 2 bridgehead atoms. The fraction of sp³-hybridized carbons (Fsp3) is 0.455. The molecule has 0 saturated heterocycles. The van der Waals surface area contributed by atoms with Gasteiger partial charge in [-0.1, -0.05) is 36.4 Å². The molecule has 1 saturated carbocycles. The molecule has 0 aliphatic heterocycles. The molecule has 9 heteroatoms. The number of hydrogen-bond acceptors (Lipinski definition) is 3. The smallest absolute Gasteiger partial charge is 0.402 e. The standard InChI is InChI=1S/C22H25F3N2O3S/c23-22(24,25)14-26-31(28,29)27-21-17-6-7-18(21)11-19-12-20(9-8-16(19)10-17)30-13-15-4-2-1-3-5-15/h1-5,8-9,12,17-18,21,26-27H,6-7,10-11,13-14H2. The van der Waals surface area contributed by atoms with Crippen molar-refractivity contribution in [2.45, 2.75) is 44.5 Å². The minimum Gasteiger partial charge on any atom is -0.489 e. The molecule has 3 atom stereocenters. The quantitative estimate of drug-likeness (QED) is 0.670. The molecule has 3 unspecified atom stereocenters. The molecule has 2 aromatic rings. The van der Waals surface area contributed by atoms with Crippen molar-refractivity contribution in [2.24, 2.45) is 11.8 Å². The van der Waals surface area contributed by atoms with E-state index in [0.29, 0.717) is 19.4 Å². The molecule has 0 heterocycles. The van der Waals surface area contributed by atoms with Crippen molar-refractivity contribution in [3.8, 4) is 5.75 Å². The topological polar surface area (TPSA) is 67.4 Å². The molecule has 1 fully saturated rings. The zero-order valence-electron chi connectivity index (χ0n) is 16.9. The van der Waals surface area contributed by atoms with Crippen molar-refractivity contribution < 1.29 is 26.3 Å². The van der Waals surface area contributed by atoms with Gasteiger partial charge in [-0.3, -0.25) is 0 Å². The summed E-state index contributed by atoms with van der Waals surface area (Å²) in [6, 6.07) is 15.4. The summed E-state index contributed by atoms with van der Waals surface area (Å²) >= 11 is 0. The number of alkyl halides is 3. The maximum absolute atomic E-state index is 12.4. The monoisotopic (exact) mass is 454 g/mol. The number of benzene rings is 2. The zero-order valence-corrected chi connectivity index (χ0v) is 17.7. The molecule has 2 N–H and O–H groups in total. The Kier molecular flexibility index (Phi) is 6.27. The maximum Gasteiger partial charge on any atom is 0.402 e. The normalized spacial score (nSPS) is 23.3. The summed E-state index contributed by atoms with van der Waals surface area (Å²) in [6.45, 7) is -1.12. The molecule has 2 aliphatic carbocycles. The van der Waals surface area contributed by atoms with Crippen molar-refractivity contribution in [3.63, 3.8) is 0 Å². The number of nitrogens with one attached hydrogen (secondary N) is 2. The molecular weight excluding hydrogens is 429 g/mol. The third-order valence-electron chi connectivity index (χ3n) is 6.07. The van der Waals surface area contributed by atoms with E-state index in [9.17, 15) is 21.6 Å². The lowest BCUT2D eigenvalue weighted by Gasteiger charge is -2.23. The van der Waals surface area contributed by atoms with Crippen molar-refractivity contribution in [1.29, 1.82) is 0 Å². The average Bonchev–Trinajstić information content (AvgIpc) is 2.99. The Morgan fingerprint density at radius 3 is 2.32 bits per heavy atom. The van der Waals surface area contributed by atoms with Gasteiger partial charge in [0.15, 0.2) is 0 Å². The fourth-order valence-corrected chi connectivity index (χ4v) is 5.79. The second-order valence-corrected chi connectivity index (χ2v) is 9.83.